The number of hydrogen-bond acceptors (Lipinski definition) is 2. The first-order valence-corrected chi connectivity index (χ1v) is 9.90. The molecule has 1 unspecified atom stereocenters. The molecular formula is C20H40O2. The van der Waals surface area contributed by atoms with E-state index in [4.69, 9.17) is 4.74 Å². The highest BCUT2D eigenvalue weighted by Gasteiger charge is 2.12. The molecule has 0 aliphatic rings. The Labute approximate surface area is 139 Å². The van der Waals surface area contributed by atoms with Crippen molar-refractivity contribution in [3.63, 3.8) is 0 Å². The molecule has 0 N–H and O–H groups in total. The van der Waals surface area contributed by atoms with E-state index in [0.717, 1.165) is 12.8 Å². The summed E-state index contributed by atoms with van der Waals surface area (Å²) in [6.45, 7) is 7.34. The Morgan fingerprint density at radius 2 is 1.23 bits per heavy atom. The molecule has 0 amide bonds. The van der Waals surface area contributed by atoms with Crippen molar-refractivity contribution < 1.29 is 9.53 Å². The van der Waals surface area contributed by atoms with Gasteiger partial charge in [-0.3, -0.25) is 4.79 Å². The Morgan fingerprint density at radius 3 is 1.82 bits per heavy atom. The van der Waals surface area contributed by atoms with Crippen molar-refractivity contribution in [2.45, 2.75) is 111 Å². The highest BCUT2D eigenvalue weighted by molar-refractivity contribution is 5.69. The lowest BCUT2D eigenvalue weighted by atomic mass is 9.95. The predicted octanol–water partition coefficient (Wildman–Crippen LogP) is 6.67. The standard InChI is InChI=1S/C20H40O2/c1-4-7-10-13-16-19(15-12-9-6-3)18-22-20(21)17-14-11-8-5-2/h19H,4-18H2,1-3H3. The second kappa shape index (κ2) is 16.8. The minimum atomic E-state index is 0.0187. The van der Waals surface area contributed by atoms with Crippen LogP contribution in [0.2, 0.25) is 0 Å². The van der Waals surface area contributed by atoms with Gasteiger partial charge in [-0.05, 0) is 25.2 Å². The third-order valence-electron chi connectivity index (χ3n) is 4.40. The lowest BCUT2D eigenvalue weighted by Gasteiger charge is -2.17. The molecule has 0 aliphatic carbocycles. The highest BCUT2D eigenvalue weighted by atomic mass is 16.5. The molecule has 0 saturated carbocycles. The Morgan fingerprint density at radius 1 is 0.727 bits per heavy atom. The van der Waals surface area contributed by atoms with E-state index < -0.39 is 0 Å². The van der Waals surface area contributed by atoms with Gasteiger partial charge in [0.1, 0.15) is 0 Å². The van der Waals surface area contributed by atoms with Crippen LogP contribution in [0, 0.1) is 5.92 Å². The first-order chi connectivity index (χ1) is 10.7. The third-order valence-corrected chi connectivity index (χ3v) is 4.40. The zero-order valence-electron chi connectivity index (χ0n) is 15.5. The predicted molar refractivity (Wildman–Crippen MR) is 96.1 cm³/mol. The van der Waals surface area contributed by atoms with Gasteiger partial charge in [-0.25, -0.2) is 0 Å². The average molecular weight is 313 g/mol. The van der Waals surface area contributed by atoms with Gasteiger partial charge in [0.2, 0.25) is 0 Å². The molecule has 0 aromatic rings. The molecule has 0 saturated heterocycles. The van der Waals surface area contributed by atoms with Crippen LogP contribution in [0.15, 0.2) is 0 Å². The number of ether oxygens (including phenoxy) is 1. The molecule has 0 bridgehead atoms. The van der Waals surface area contributed by atoms with Crippen LogP contribution in [0.25, 0.3) is 0 Å². The van der Waals surface area contributed by atoms with Crippen molar-refractivity contribution in [3.8, 4) is 0 Å². The van der Waals surface area contributed by atoms with Gasteiger partial charge in [0.25, 0.3) is 0 Å². The topological polar surface area (TPSA) is 26.3 Å². The monoisotopic (exact) mass is 312 g/mol. The van der Waals surface area contributed by atoms with Crippen molar-refractivity contribution in [2.75, 3.05) is 6.61 Å². The Bertz CT molecular complexity index is 238. The molecule has 0 heterocycles. The highest BCUT2D eigenvalue weighted by Crippen LogP contribution is 2.19. The number of rotatable bonds is 16. The van der Waals surface area contributed by atoms with E-state index in [9.17, 15) is 4.79 Å². The van der Waals surface area contributed by atoms with Crippen LogP contribution in [0.3, 0.4) is 0 Å². The van der Waals surface area contributed by atoms with E-state index in [2.05, 4.69) is 20.8 Å². The molecule has 22 heavy (non-hydrogen) atoms. The van der Waals surface area contributed by atoms with Gasteiger partial charge < -0.3 is 4.74 Å². The summed E-state index contributed by atoms with van der Waals surface area (Å²) in [6, 6.07) is 0. The maximum absolute atomic E-state index is 11.8. The molecule has 132 valence electrons. The van der Waals surface area contributed by atoms with Crippen LogP contribution in [0.1, 0.15) is 111 Å². The van der Waals surface area contributed by atoms with E-state index in [1.807, 2.05) is 0 Å². The van der Waals surface area contributed by atoms with E-state index in [0.29, 0.717) is 18.9 Å². The number of carbonyl (C=O) groups excluding carboxylic acids is 1. The molecular weight excluding hydrogens is 272 g/mol. The molecule has 0 aromatic heterocycles. The normalized spacial score (nSPS) is 12.3. The Balaban J connectivity index is 3.85. The van der Waals surface area contributed by atoms with Crippen molar-refractivity contribution in [1.29, 1.82) is 0 Å². The van der Waals surface area contributed by atoms with Crippen LogP contribution < -0.4 is 0 Å². The van der Waals surface area contributed by atoms with Gasteiger partial charge in [-0.1, -0.05) is 85.0 Å². The fourth-order valence-corrected chi connectivity index (χ4v) is 2.83. The lowest BCUT2D eigenvalue weighted by molar-refractivity contribution is -0.145. The summed E-state index contributed by atoms with van der Waals surface area (Å²) in [4.78, 5) is 11.8. The molecule has 0 fully saturated rings. The van der Waals surface area contributed by atoms with E-state index >= 15 is 0 Å². The van der Waals surface area contributed by atoms with Gasteiger partial charge in [0.15, 0.2) is 0 Å². The summed E-state index contributed by atoms with van der Waals surface area (Å²) < 4.78 is 5.53. The van der Waals surface area contributed by atoms with Crippen LogP contribution in [0.5, 0.6) is 0 Å². The SMILES string of the molecule is CCCCCCC(=O)OCC(CCCCC)CCCCCC. The number of carbonyl (C=O) groups is 1. The average Bonchev–Trinajstić information content (AvgIpc) is 2.52. The summed E-state index contributed by atoms with van der Waals surface area (Å²) in [5.41, 5.74) is 0. The van der Waals surface area contributed by atoms with Crippen LogP contribution in [-0.2, 0) is 9.53 Å². The van der Waals surface area contributed by atoms with Gasteiger partial charge in [0, 0.05) is 6.42 Å². The molecule has 0 aliphatic heterocycles. The van der Waals surface area contributed by atoms with E-state index in [1.54, 1.807) is 0 Å². The molecule has 0 radical (unpaired) electrons. The fourth-order valence-electron chi connectivity index (χ4n) is 2.83. The summed E-state index contributed by atoms with van der Waals surface area (Å²) >= 11 is 0. The number of esters is 1. The summed E-state index contributed by atoms with van der Waals surface area (Å²) in [7, 11) is 0. The summed E-state index contributed by atoms with van der Waals surface area (Å²) in [5, 5.41) is 0. The second-order valence-electron chi connectivity index (χ2n) is 6.70. The van der Waals surface area contributed by atoms with Gasteiger partial charge >= 0.3 is 5.97 Å². The van der Waals surface area contributed by atoms with Crippen molar-refractivity contribution in [1.82, 2.24) is 0 Å². The van der Waals surface area contributed by atoms with Crippen LogP contribution in [0.4, 0.5) is 0 Å². The van der Waals surface area contributed by atoms with Gasteiger partial charge in [-0.2, -0.15) is 0 Å². The van der Waals surface area contributed by atoms with E-state index in [-0.39, 0.29) is 5.97 Å². The van der Waals surface area contributed by atoms with Gasteiger partial charge in [-0.15, -0.1) is 0 Å². The van der Waals surface area contributed by atoms with Gasteiger partial charge in [0.05, 0.1) is 6.61 Å². The minimum Gasteiger partial charge on any atom is -0.465 e. The lowest BCUT2D eigenvalue weighted by Crippen LogP contribution is -2.14. The molecule has 0 spiro atoms. The largest absolute Gasteiger partial charge is 0.465 e. The number of unbranched alkanes of at least 4 members (excludes halogenated alkanes) is 8. The first kappa shape index (κ1) is 21.5. The molecule has 2 heteroatoms. The molecule has 0 aromatic carbocycles. The third kappa shape index (κ3) is 14.4. The van der Waals surface area contributed by atoms with Crippen LogP contribution in [-0.4, -0.2) is 12.6 Å². The minimum absolute atomic E-state index is 0.0187. The Hall–Kier alpha value is -0.530. The maximum atomic E-state index is 11.8. The zero-order valence-corrected chi connectivity index (χ0v) is 15.5. The Kier molecular flexibility index (Phi) is 16.4. The van der Waals surface area contributed by atoms with Crippen LogP contribution >= 0.6 is 0 Å². The quantitative estimate of drug-likeness (QED) is 0.235. The molecule has 2 nitrogen and oxygen atoms in total. The second-order valence-corrected chi connectivity index (χ2v) is 6.70. The summed E-state index contributed by atoms with van der Waals surface area (Å²) in [6.07, 6.45) is 16.7. The van der Waals surface area contributed by atoms with Crippen molar-refractivity contribution in [2.24, 2.45) is 5.92 Å². The fraction of sp³-hybridized carbons (Fsp3) is 0.950. The first-order valence-electron chi connectivity index (χ1n) is 9.90. The summed E-state index contributed by atoms with van der Waals surface area (Å²) in [5.74, 6) is 0.605. The zero-order chi connectivity index (χ0) is 16.5. The van der Waals surface area contributed by atoms with E-state index in [1.165, 1.54) is 70.6 Å². The smallest absolute Gasteiger partial charge is 0.305 e. The van der Waals surface area contributed by atoms with Crippen molar-refractivity contribution in [3.05, 3.63) is 0 Å². The maximum Gasteiger partial charge on any atom is 0.305 e. The van der Waals surface area contributed by atoms with Crippen molar-refractivity contribution >= 4 is 5.97 Å². The molecule has 1 atom stereocenters. The number of hydrogen-bond donors (Lipinski definition) is 0. The molecule has 0 rings (SSSR count).